The summed E-state index contributed by atoms with van der Waals surface area (Å²) in [5.41, 5.74) is 3.35. The van der Waals surface area contributed by atoms with E-state index in [1.165, 1.54) is 11.1 Å². The lowest BCUT2D eigenvalue weighted by atomic mass is 10.1. The third-order valence-electron chi connectivity index (χ3n) is 4.05. The quantitative estimate of drug-likeness (QED) is 0.692. The van der Waals surface area contributed by atoms with Crippen molar-refractivity contribution in [1.29, 1.82) is 0 Å². The fourth-order valence-corrected chi connectivity index (χ4v) is 2.80. The summed E-state index contributed by atoms with van der Waals surface area (Å²) in [6.45, 7) is 4.90. The molecule has 0 radical (unpaired) electrons. The molecule has 0 aliphatic heterocycles. The minimum atomic E-state index is -0.0351. The lowest BCUT2D eigenvalue weighted by molar-refractivity contribution is 0.522. The number of hydrogen-bond acceptors (Lipinski definition) is 5. The summed E-state index contributed by atoms with van der Waals surface area (Å²) in [5, 5.41) is 16.7. The smallest absolute Gasteiger partial charge is 0.246 e. The molecular weight excluding hydrogens is 314 g/mol. The van der Waals surface area contributed by atoms with Crippen LogP contribution in [0.4, 0.5) is 5.95 Å². The molecule has 1 atom stereocenters. The number of hydrogen-bond donors (Lipinski definition) is 0. The first kappa shape index (κ1) is 16.9. The lowest BCUT2D eigenvalue weighted by Gasteiger charge is -2.20. The van der Waals surface area contributed by atoms with Gasteiger partial charge in [0.1, 0.15) is 0 Å². The second-order valence-corrected chi connectivity index (χ2v) is 6.27. The van der Waals surface area contributed by atoms with Crippen LogP contribution in [0, 0.1) is 0 Å². The van der Waals surface area contributed by atoms with Crippen molar-refractivity contribution >= 4 is 12.0 Å². The van der Waals surface area contributed by atoms with E-state index in [2.05, 4.69) is 45.8 Å². The van der Waals surface area contributed by atoms with E-state index in [1.807, 2.05) is 56.4 Å². The zero-order valence-corrected chi connectivity index (χ0v) is 15.0. The molecule has 0 saturated heterocycles. The van der Waals surface area contributed by atoms with Crippen molar-refractivity contribution in [3.8, 4) is 0 Å². The van der Waals surface area contributed by atoms with Crippen LogP contribution in [-0.2, 0) is 7.05 Å². The molecule has 0 aliphatic carbocycles. The Morgan fingerprint density at radius 2 is 2.00 bits per heavy atom. The lowest BCUT2D eigenvalue weighted by Crippen LogP contribution is -2.25. The fourth-order valence-electron chi connectivity index (χ4n) is 2.80. The number of likely N-dealkylation sites (N-methyl/N-ethyl adjacent to an activating group) is 1. The van der Waals surface area contributed by atoms with Gasteiger partial charge in [-0.2, -0.15) is 5.10 Å². The Morgan fingerprint density at radius 1 is 1.24 bits per heavy atom. The van der Waals surface area contributed by atoms with E-state index in [1.54, 1.807) is 9.36 Å². The molecule has 0 saturated carbocycles. The van der Waals surface area contributed by atoms with Crippen LogP contribution in [0.1, 0.15) is 31.1 Å². The summed E-state index contributed by atoms with van der Waals surface area (Å²) in [6.07, 6.45) is 4.10. The van der Waals surface area contributed by atoms with Crippen molar-refractivity contribution < 1.29 is 0 Å². The van der Waals surface area contributed by atoms with E-state index in [0.717, 1.165) is 18.2 Å². The molecule has 0 aliphatic rings. The Hall–Kier alpha value is -2.96. The van der Waals surface area contributed by atoms with Crippen LogP contribution in [0.25, 0.3) is 6.08 Å². The highest BCUT2D eigenvalue weighted by atomic mass is 15.6. The van der Waals surface area contributed by atoms with Crippen LogP contribution < -0.4 is 4.90 Å². The van der Waals surface area contributed by atoms with E-state index in [4.69, 9.17) is 0 Å². The van der Waals surface area contributed by atoms with E-state index >= 15 is 0 Å². The van der Waals surface area contributed by atoms with Gasteiger partial charge in [-0.15, -0.1) is 0 Å². The minimum absolute atomic E-state index is 0.0351. The number of tetrazole rings is 1. The molecule has 0 spiro atoms. The summed E-state index contributed by atoms with van der Waals surface area (Å²) in [5.74, 6) is 0.721. The predicted octanol–water partition coefficient (Wildman–Crippen LogP) is 2.56. The molecule has 7 heteroatoms. The van der Waals surface area contributed by atoms with Crippen molar-refractivity contribution in [3.63, 3.8) is 0 Å². The summed E-state index contributed by atoms with van der Waals surface area (Å²) in [6, 6.07) is 12.2. The number of benzene rings is 1. The van der Waals surface area contributed by atoms with Gasteiger partial charge in [0.15, 0.2) is 0 Å². The molecule has 1 aromatic carbocycles. The van der Waals surface area contributed by atoms with Gasteiger partial charge < -0.3 is 4.90 Å². The first-order chi connectivity index (χ1) is 12.0. The summed E-state index contributed by atoms with van der Waals surface area (Å²) >= 11 is 0. The third kappa shape index (κ3) is 3.93. The Morgan fingerprint density at radius 3 is 2.68 bits per heavy atom. The maximum atomic E-state index is 4.45. The average Bonchev–Trinajstić information content (AvgIpc) is 3.24. The van der Waals surface area contributed by atoms with Crippen LogP contribution >= 0.6 is 0 Å². The van der Waals surface area contributed by atoms with Crippen LogP contribution in [-0.4, -0.2) is 43.6 Å². The molecule has 3 aromatic rings. The monoisotopic (exact) mass is 337 g/mol. The molecule has 7 nitrogen and oxygen atoms in total. The zero-order chi connectivity index (χ0) is 17.8. The fraction of sp³-hybridized carbons (Fsp3) is 0.333. The molecule has 130 valence electrons. The van der Waals surface area contributed by atoms with E-state index in [0.29, 0.717) is 0 Å². The Kier molecular flexibility index (Phi) is 4.92. The van der Waals surface area contributed by atoms with Crippen molar-refractivity contribution in [2.75, 3.05) is 18.5 Å². The van der Waals surface area contributed by atoms with Gasteiger partial charge in [-0.25, -0.2) is 4.68 Å². The van der Waals surface area contributed by atoms with Crippen LogP contribution in [0.15, 0.2) is 48.2 Å². The predicted molar refractivity (Wildman–Crippen MR) is 98.2 cm³/mol. The maximum absolute atomic E-state index is 4.45. The molecule has 0 bridgehead atoms. The number of aromatic nitrogens is 6. The highest BCUT2D eigenvalue weighted by molar-refractivity contribution is 5.53. The Bertz CT molecular complexity index is 847. The van der Waals surface area contributed by atoms with Crippen LogP contribution in [0.3, 0.4) is 0 Å². The maximum Gasteiger partial charge on any atom is 0.246 e. The normalized spacial score (nSPS) is 13.0. The van der Waals surface area contributed by atoms with Crippen molar-refractivity contribution in [2.45, 2.75) is 19.9 Å². The van der Waals surface area contributed by atoms with E-state index in [9.17, 15) is 0 Å². The van der Waals surface area contributed by atoms with Gasteiger partial charge in [0, 0.05) is 26.8 Å². The van der Waals surface area contributed by atoms with Gasteiger partial charge in [-0.3, -0.25) is 4.68 Å². The Balaban J connectivity index is 1.76. The molecular formula is C18H23N7. The molecule has 1 unspecified atom stereocenters. The van der Waals surface area contributed by atoms with Crippen LogP contribution in [0.5, 0.6) is 0 Å². The first-order valence-electron chi connectivity index (χ1n) is 8.25. The van der Waals surface area contributed by atoms with E-state index < -0.39 is 0 Å². The number of nitrogens with zero attached hydrogens (tertiary/aromatic N) is 7. The molecule has 25 heavy (non-hydrogen) atoms. The molecule has 2 aromatic heterocycles. The summed E-state index contributed by atoms with van der Waals surface area (Å²) in [4.78, 5) is 2.05. The number of anilines is 1. The second-order valence-electron chi connectivity index (χ2n) is 6.27. The Labute approximate surface area is 147 Å². The van der Waals surface area contributed by atoms with E-state index in [-0.39, 0.29) is 6.04 Å². The summed E-state index contributed by atoms with van der Waals surface area (Å²) in [7, 11) is 3.90. The SMILES string of the molecule is C/C(=C\c1ccccc1)CN(C)c1nnnn1C(C)c1ccn(C)n1. The standard InChI is InChI=1S/C18H23N7/c1-14(12-16-8-6-5-7-9-16)13-23(3)18-19-21-22-25(18)15(2)17-10-11-24(4)20-17/h5-12,15H,13H2,1-4H3/b14-12+. The minimum Gasteiger partial charge on any atom is -0.339 e. The van der Waals surface area contributed by atoms with Crippen LogP contribution in [0.2, 0.25) is 0 Å². The van der Waals surface area contributed by atoms with Crippen molar-refractivity contribution in [2.24, 2.45) is 7.05 Å². The van der Waals surface area contributed by atoms with Crippen molar-refractivity contribution in [1.82, 2.24) is 30.0 Å². The molecule has 0 N–H and O–H groups in total. The highest BCUT2D eigenvalue weighted by Crippen LogP contribution is 2.20. The first-order valence-corrected chi connectivity index (χ1v) is 8.25. The third-order valence-corrected chi connectivity index (χ3v) is 4.05. The molecule has 3 rings (SSSR count). The molecule has 2 heterocycles. The number of rotatable bonds is 6. The van der Waals surface area contributed by atoms with Gasteiger partial charge in [0.25, 0.3) is 0 Å². The van der Waals surface area contributed by atoms with Gasteiger partial charge >= 0.3 is 0 Å². The second kappa shape index (κ2) is 7.29. The largest absolute Gasteiger partial charge is 0.339 e. The van der Waals surface area contributed by atoms with Gasteiger partial charge in [0.2, 0.25) is 5.95 Å². The molecule has 0 fully saturated rings. The summed E-state index contributed by atoms with van der Waals surface area (Å²) < 4.78 is 3.59. The number of aryl methyl sites for hydroxylation is 1. The average molecular weight is 337 g/mol. The van der Waals surface area contributed by atoms with Gasteiger partial charge in [0.05, 0.1) is 11.7 Å². The zero-order valence-electron chi connectivity index (χ0n) is 15.0. The molecule has 0 amide bonds. The van der Waals surface area contributed by atoms with Gasteiger partial charge in [-0.05, 0) is 35.9 Å². The topological polar surface area (TPSA) is 64.7 Å². The van der Waals surface area contributed by atoms with Gasteiger partial charge in [-0.1, -0.05) is 47.1 Å². The highest BCUT2D eigenvalue weighted by Gasteiger charge is 2.19. The van der Waals surface area contributed by atoms with Crippen molar-refractivity contribution in [3.05, 3.63) is 59.4 Å².